The van der Waals surface area contributed by atoms with Gasteiger partial charge in [-0.15, -0.1) is 0 Å². The number of hydrogen-bond donors (Lipinski definition) is 0. The zero-order valence-corrected chi connectivity index (χ0v) is 9.48. The molecule has 0 aromatic rings. The molecule has 0 aliphatic carbocycles. The minimum Gasteiger partial charge on any atom is -0.382 e. The molecule has 0 rings (SSSR count). The molecule has 0 fully saturated rings. The lowest BCUT2D eigenvalue weighted by atomic mass is 10.8. The van der Waals surface area contributed by atoms with Crippen molar-refractivity contribution in [1.29, 1.82) is 0 Å². The third kappa shape index (κ3) is 8.39. The molecule has 0 spiro atoms. The number of ether oxygens (including phenoxy) is 1. The van der Waals surface area contributed by atoms with E-state index < -0.39 is 0 Å². The van der Waals surface area contributed by atoms with Crippen LogP contribution in [0.4, 0.5) is 0 Å². The zero-order valence-electron chi connectivity index (χ0n) is 6.65. The standard InChI is InChI=1S/C6H18OSi2/c1-8-5-3-7-4-6-9-2/h3-6,8-9H2,1-2H3. The van der Waals surface area contributed by atoms with Crippen LogP contribution in [-0.2, 0) is 4.74 Å². The van der Waals surface area contributed by atoms with E-state index in [0.717, 1.165) is 13.2 Å². The Kier molecular flexibility index (Phi) is 8.76. The van der Waals surface area contributed by atoms with Crippen LogP contribution in [0.5, 0.6) is 0 Å². The van der Waals surface area contributed by atoms with Gasteiger partial charge in [0.1, 0.15) is 0 Å². The molecule has 9 heavy (non-hydrogen) atoms. The van der Waals surface area contributed by atoms with Gasteiger partial charge in [0.15, 0.2) is 0 Å². The maximum absolute atomic E-state index is 5.38. The van der Waals surface area contributed by atoms with Crippen LogP contribution in [0.1, 0.15) is 0 Å². The van der Waals surface area contributed by atoms with Gasteiger partial charge in [-0.25, -0.2) is 0 Å². The largest absolute Gasteiger partial charge is 0.382 e. The zero-order chi connectivity index (χ0) is 6.95. The summed E-state index contributed by atoms with van der Waals surface area (Å²) in [6.45, 7) is 6.74. The van der Waals surface area contributed by atoms with E-state index in [0.29, 0.717) is 0 Å². The second-order valence-corrected chi connectivity index (χ2v) is 5.73. The highest BCUT2D eigenvalue weighted by atomic mass is 28.2. The monoisotopic (exact) mass is 162 g/mol. The summed E-state index contributed by atoms with van der Waals surface area (Å²) in [5.41, 5.74) is 0. The first kappa shape index (κ1) is 9.39. The third-order valence-corrected chi connectivity index (χ3v) is 3.28. The SMILES string of the molecule is C[SiH2]CCOCC[SiH2]C. The van der Waals surface area contributed by atoms with E-state index in [-0.39, 0.29) is 19.0 Å². The van der Waals surface area contributed by atoms with Gasteiger partial charge in [-0.2, -0.15) is 0 Å². The average Bonchev–Trinajstić information content (AvgIpc) is 1.89. The Bertz CT molecular complexity index is 44.3. The molecule has 0 aliphatic rings. The van der Waals surface area contributed by atoms with Crippen LogP contribution in [0, 0.1) is 0 Å². The van der Waals surface area contributed by atoms with Gasteiger partial charge in [0, 0.05) is 32.3 Å². The normalized spacial score (nSPS) is 12.7. The molecule has 0 saturated carbocycles. The molecule has 0 aromatic heterocycles. The summed E-state index contributed by atoms with van der Waals surface area (Å²) in [5, 5.41) is 0. The van der Waals surface area contributed by atoms with Gasteiger partial charge < -0.3 is 4.74 Å². The number of hydrogen-bond acceptors (Lipinski definition) is 1. The van der Waals surface area contributed by atoms with E-state index in [2.05, 4.69) is 13.1 Å². The maximum atomic E-state index is 5.38. The van der Waals surface area contributed by atoms with Gasteiger partial charge in [0.2, 0.25) is 0 Å². The van der Waals surface area contributed by atoms with Gasteiger partial charge in [-0.05, 0) is 12.1 Å². The second kappa shape index (κ2) is 8.39. The summed E-state index contributed by atoms with van der Waals surface area (Å²) in [6, 6.07) is 2.73. The lowest BCUT2D eigenvalue weighted by Crippen LogP contribution is -1.99. The average molecular weight is 162 g/mol. The van der Waals surface area contributed by atoms with Crippen LogP contribution < -0.4 is 0 Å². The summed E-state index contributed by atoms with van der Waals surface area (Å²) >= 11 is 0. The van der Waals surface area contributed by atoms with Crippen molar-refractivity contribution in [2.75, 3.05) is 13.2 Å². The summed E-state index contributed by atoms with van der Waals surface area (Å²) < 4.78 is 5.38. The van der Waals surface area contributed by atoms with Crippen molar-refractivity contribution in [3.05, 3.63) is 0 Å². The molecule has 0 amide bonds. The Balaban J connectivity index is 2.60. The van der Waals surface area contributed by atoms with Crippen molar-refractivity contribution < 1.29 is 4.74 Å². The van der Waals surface area contributed by atoms with E-state index >= 15 is 0 Å². The molecule has 0 bridgehead atoms. The van der Waals surface area contributed by atoms with Crippen LogP contribution in [0.3, 0.4) is 0 Å². The van der Waals surface area contributed by atoms with Crippen molar-refractivity contribution >= 4 is 19.0 Å². The minimum absolute atomic E-state index is 0.266. The fourth-order valence-electron chi connectivity index (χ4n) is 0.595. The molecular formula is C6H18OSi2. The van der Waals surface area contributed by atoms with Crippen LogP contribution in [0.2, 0.25) is 25.2 Å². The molecule has 0 atom stereocenters. The van der Waals surface area contributed by atoms with Crippen molar-refractivity contribution in [1.82, 2.24) is 0 Å². The van der Waals surface area contributed by atoms with Crippen LogP contribution in [-0.4, -0.2) is 32.3 Å². The predicted molar refractivity (Wildman–Crippen MR) is 49.2 cm³/mol. The Morgan fingerprint density at radius 2 is 1.44 bits per heavy atom. The van der Waals surface area contributed by atoms with Gasteiger partial charge >= 0.3 is 0 Å². The molecule has 1 nitrogen and oxygen atoms in total. The van der Waals surface area contributed by atoms with Crippen LogP contribution in [0.25, 0.3) is 0 Å². The topological polar surface area (TPSA) is 9.23 Å². The van der Waals surface area contributed by atoms with Crippen LogP contribution in [0.15, 0.2) is 0 Å². The summed E-state index contributed by atoms with van der Waals surface area (Å²) in [4.78, 5) is 0. The fourth-order valence-corrected chi connectivity index (χ4v) is 1.58. The summed E-state index contributed by atoms with van der Waals surface area (Å²) in [5.74, 6) is 0. The van der Waals surface area contributed by atoms with Crippen molar-refractivity contribution in [2.24, 2.45) is 0 Å². The van der Waals surface area contributed by atoms with Gasteiger partial charge in [-0.3, -0.25) is 0 Å². The highest BCUT2D eigenvalue weighted by Gasteiger charge is 1.85. The van der Waals surface area contributed by atoms with E-state index in [4.69, 9.17) is 4.74 Å². The first-order chi connectivity index (χ1) is 4.41. The summed E-state index contributed by atoms with van der Waals surface area (Å²) in [6.07, 6.45) is 0. The lowest BCUT2D eigenvalue weighted by molar-refractivity contribution is 0.162. The second-order valence-electron chi connectivity index (χ2n) is 2.32. The first-order valence-electron chi connectivity index (χ1n) is 3.99. The maximum Gasteiger partial charge on any atom is 0.0437 e. The third-order valence-electron chi connectivity index (χ3n) is 1.28. The van der Waals surface area contributed by atoms with E-state index in [1.54, 1.807) is 0 Å². The lowest BCUT2D eigenvalue weighted by Gasteiger charge is -1.99. The highest BCUT2D eigenvalue weighted by Crippen LogP contribution is 1.85. The van der Waals surface area contributed by atoms with E-state index in [1.807, 2.05) is 0 Å². The van der Waals surface area contributed by atoms with Gasteiger partial charge in [0.25, 0.3) is 0 Å². The molecule has 3 heteroatoms. The quantitative estimate of drug-likeness (QED) is 0.402. The Hall–Kier alpha value is 0.394. The van der Waals surface area contributed by atoms with Gasteiger partial charge in [-0.1, -0.05) is 13.1 Å². The van der Waals surface area contributed by atoms with E-state index in [9.17, 15) is 0 Å². The minimum atomic E-state index is 0.266. The summed E-state index contributed by atoms with van der Waals surface area (Å²) in [7, 11) is 0.532. The molecule has 0 N–H and O–H groups in total. The number of rotatable bonds is 6. The fraction of sp³-hybridized carbons (Fsp3) is 1.00. The highest BCUT2D eigenvalue weighted by molar-refractivity contribution is 6.33. The smallest absolute Gasteiger partial charge is 0.0437 e. The Morgan fingerprint density at radius 3 is 1.78 bits per heavy atom. The van der Waals surface area contributed by atoms with Crippen molar-refractivity contribution in [3.8, 4) is 0 Å². The Labute approximate surface area is 62.8 Å². The Morgan fingerprint density at radius 1 is 1.00 bits per heavy atom. The first-order valence-corrected chi connectivity index (χ1v) is 8.82. The van der Waals surface area contributed by atoms with Crippen molar-refractivity contribution in [2.45, 2.75) is 25.2 Å². The molecule has 0 aliphatic heterocycles. The van der Waals surface area contributed by atoms with Gasteiger partial charge in [0.05, 0.1) is 0 Å². The molecule has 0 saturated heterocycles. The molecule has 0 heterocycles. The molecule has 56 valence electrons. The predicted octanol–water partition coefficient (Wildman–Crippen LogP) is 0.273. The van der Waals surface area contributed by atoms with Crippen molar-refractivity contribution in [3.63, 3.8) is 0 Å². The molecule has 0 aromatic carbocycles. The van der Waals surface area contributed by atoms with E-state index in [1.165, 1.54) is 12.1 Å². The molecular weight excluding hydrogens is 144 g/mol. The molecule has 0 unspecified atom stereocenters. The molecule has 0 radical (unpaired) electrons. The van der Waals surface area contributed by atoms with Crippen LogP contribution >= 0.6 is 0 Å².